The number of carbonyl (C=O) groups excluding carboxylic acids is 4. The Morgan fingerprint density at radius 2 is 1.57 bits per heavy atom. The topological polar surface area (TPSA) is 168 Å². The van der Waals surface area contributed by atoms with Crippen molar-refractivity contribution in [2.24, 2.45) is 11.7 Å². The Bertz CT molecular complexity index is 542. The van der Waals surface area contributed by atoms with Crippen molar-refractivity contribution in [3.8, 4) is 0 Å². The Morgan fingerprint density at radius 1 is 1.04 bits per heavy atom. The summed E-state index contributed by atoms with van der Waals surface area (Å²) in [7, 11) is 0. The van der Waals surface area contributed by atoms with Crippen LogP contribution >= 0.6 is 12.6 Å². The summed E-state index contributed by atoms with van der Waals surface area (Å²) in [5.74, 6) is -3.66. The lowest BCUT2D eigenvalue weighted by molar-refractivity contribution is -0.138. The maximum absolute atomic E-state index is 11.7. The molecule has 0 heterocycles. The summed E-state index contributed by atoms with van der Waals surface area (Å²) < 4.78 is 0. The molecule has 28 heavy (non-hydrogen) atoms. The van der Waals surface area contributed by atoms with E-state index in [-0.39, 0.29) is 25.4 Å². The first kappa shape index (κ1) is 27.9. The van der Waals surface area contributed by atoms with Crippen molar-refractivity contribution in [1.82, 2.24) is 16.0 Å². The second-order valence-electron chi connectivity index (χ2n) is 6.33. The van der Waals surface area contributed by atoms with Gasteiger partial charge in [-0.05, 0) is 5.92 Å². The Hall–Kier alpha value is -2.30. The molecule has 0 aromatic rings. The fourth-order valence-electron chi connectivity index (χ4n) is 1.73. The monoisotopic (exact) mass is 420 g/mol. The first-order valence-corrected chi connectivity index (χ1v) is 9.50. The molecule has 0 aromatic heterocycles. The highest BCUT2D eigenvalue weighted by Crippen LogP contribution is 2.01. The number of carboxylic acid groups (broad SMARTS) is 1. The van der Waals surface area contributed by atoms with Crippen molar-refractivity contribution in [3.63, 3.8) is 0 Å². The minimum atomic E-state index is -1.18. The third-order valence-corrected chi connectivity index (χ3v) is 3.47. The van der Waals surface area contributed by atoms with Gasteiger partial charge in [-0.3, -0.25) is 24.0 Å². The summed E-state index contributed by atoms with van der Waals surface area (Å²) in [5.41, 5.74) is 5.18. The van der Waals surface area contributed by atoms with Gasteiger partial charge in [0.2, 0.25) is 23.6 Å². The maximum atomic E-state index is 11.7. The Kier molecular flexibility index (Phi) is 15.7. The van der Waals surface area contributed by atoms with Crippen LogP contribution in [0.5, 0.6) is 0 Å². The summed E-state index contributed by atoms with van der Waals surface area (Å²) in [6.45, 7) is 7.36. The van der Waals surface area contributed by atoms with Crippen LogP contribution in [-0.2, 0) is 24.0 Å². The minimum absolute atomic E-state index is 0.00352. The molecule has 0 rings (SSSR count). The number of hydrogen-bond acceptors (Lipinski definition) is 6. The van der Waals surface area contributed by atoms with E-state index in [2.05, 4.69) is 42.4 Å². The van der Waals surface area contributed by atoms with Gasteiger partial charge in [0.1, 0.15) is 6.04 Å². The van der Waals surface area contributed by atoms with Gasteiger partial charge < -0.3 is 26.8 Å². The van der Waals surface area contributed by atoms with Crippen molar-refractivity contribution >= 4 is 42.2 Å². The molecule has 2 atom stereocenters. The number of hydrogen-bond donors (Lipinski definition) is 6. The van der Waals surface area contributed by atoms with E-state index in [0.717, 1.165) is 0 Å². The molecule has 2 unspecified atom stereocenters. The number of nitrogens with one attached hydrogen (secondary N) is 3. The number of primary amides is 1. The number of thiol groups is 1. The standard InChI is InChI=1S/C14H24N4O6S.C3H8/c1-7(2)12(13(15)23)18-9(19)3-4-16-10(20)6-17-14(24)8(25)5-11(21)22;1-3-2/h7-8,12,25H,3-6H2,1-2H3,(H2,15,23)(H,16,20)(H,17,24)(H,18,19)(H,21,22);3H2,1-2H3. The largest absolute Gasteiger partial charge is 0.481 e. The third-order valence-electron chi connectivity index (χ3n) is 3.06. The highest BCUT2D eigenvalue weighted by Gasteiger charge is 2.21. The van der Waals surface area contributed by atoms with Crippen LogP contribution in [0.4, 0.5) is 0 Å². The highest BCUT2D eigenvalue weighted by molar-refractivity contribution is 7.81. The minimum Gasteiger partial charge on any atom is -0.481 e. The quantitative estimate of drug-likeness (QED) is 0.245. The van der Waals surface area contributed by atoms with Crippen molar-refractivity contribution in [2.75, 3.05) is 13.1 Å². The molecule has 6 N–H and O–H groups in total. The van der Waals surface area contributed by atoms with Gasteiger partial charge in [-0.2, -0.15) is 12.6 Å². The molecule has 0 radical (unpaired) electrons. The van der Waals surface area contributed by atoms with E-state index in [1.807, 2.05) is 0 Å². The van der Waals surface area contributed by atoms with Crippen LogP contribution in [0.25, 0.3) is 0 Å². The van der Waals surface area contributed by atoms with Crippen LogP contribution < -0.4 is 21.7 Å². The lowest BCUT2D eigenvalue weighted by Crippen LogP contribution is -2.48. The number of amides is 4. The zero-order valence-electron chi connectivity index (χ0n) is 16.8. The van der Waals surface area contributed by atoms with E-state index in [1.54, 1.807) is 13.8 Å². The molecule has 0 aliphatic rings. The molecule has 0 saturated heterocycles. The molecule has 0 saturated carbocycles. The second-order valence-corrected chi connectivity index (χ2v) is 6.95. The average molecular weight is 421 g/mol. The fraction of sp³-hybridized carbons (Fsp3) is 0.706. The number of aliphatic carboxylic acids is 1. The number of carboxylic acids is 1. The molecule has 0 bridgehead atoms. The van der Waals surface area contributed by atoms with Crippen molar-refractivity contribution < 1.29 is 29.1 Å². The molecule has 0 aliphatic carbocycles. The van der Waals surface area contributed by atoms with Gasteiger partial charge in [0, 0.05) is 13.0 Å². The van der Waals surface area contributed by atoms with E-state index in [1.165, 1.54) is 6.42 Å². The predicted molar refractivity (Wildman–Crippen MR) is 108 cm³/mol. The maximum Gasteiger partial charge on any atom is 0.304 e. The van der Waals surface area contributed by atoms with Gasteiger partial charge in [-0.1, -0.05) is 34.1 Å². The Balaban J connectivity index is 0. The summed E-state index contributed by atoms with van der Waals surface area (Å²) >= 11 is 3.81. The van der Waals surface area contributed by atoms with E-state index in [0.29, 0.717) is 0 Å². The molecule has 11 heteroatoms. The van der Waals surface area contributed by atoms with Gasteiger partial charge in [0.25, 0.3) is 0 Å². The van der Waals surface area contributed by atoms with E-state index in [4.69, 9.17) is 10.8 Å². The van der Waals surface area contributed by atoms with E-state index < -0.39 is 47.3 Å². The summed E-state index contributed by atoms with van der Waals surface area (Å²) in [6, 6.07) is -0.788. The van der Waals surface area contributed by atoms with Gasteiger partial charge in [-0.15, -0.1) is 0 Å². The third kappa shape index (κ3) is 14.8. The molecule has 0 fully saturated rings. The number of rotatable bonds is 11. The highest BCUT2D eigenvalue weighted by atomic mass is 32.1. The zero-order chi connectivity index (χ0) is 22.3. The zero-order valence-corrected chi connectivity index (χ0v) is 17.7. The normalized spacial score (nSPS) is 12.1. The Labute approximate surface area is 170 Å². The van der Waals surface area contributed by atoms with Crippen LogP contribution in [-0.4, -0.2) is 59.1 Å². The first-order valence-electron chi connectivity index (χ1n) is 8.99. The van der Waals surface area contributed by atoms with Gasteiger partial charge in [0.15, 0.2) is 0 Å². The summed E-state index contributed by atoms with van der Waals surface area (Å²) in [6.07, 6.45) is 0.720. The first-order chi connectivity index (χ1) is 13.0. The van der Waals surface area contributed by atoms with Crippen molar-refractivity contribution in [3.05, 3.63) is 0 Å². The number of nitrogens with two attached hydrogens (primary N) is 1. The molecule has 0 aromatic carbocycles. The molecular formula is C17H32N4O6S. The Morgan fingerprint density at radius 3 is 2.00 bits per heavy atom. The molecule has 10 nitrogen and oxygen atoms in total. The molecular weight excluding hydrogens is 388 g/mol. The summed E-state index contributed by atoms with van der Waals surface area (Å²) in [5, 5.41) is 14.6. The van der Waals surface area contributed by atoms with Gasteiger partial charge >= 0.3 is 5.97 Å². The SMILES string of the molecule is CC(C)C(NC(=O)CCNC(=O)CNC(=O)C(S)CC(=O)O)C(N)=O.CCC. The fourth-order valence-corrected chi connectivity index (χ4v) is 1.98. The van der Waals surface area contributed by atoms with Crippen LogP contribution in [0.15, 0.2) is 0 Å². The van der Waals surface area contributed by atoms with Crippen molar-refractivity contribution in [2.45, 2.75) is 58.2 Å². The number of carbonyl (C=O) groups is 5. The van der Waals surface area contributed by atoms with Crippen LogP contribution in [0.2, 0.25) is 0 Å². The molecule has 0 spiro atoms. The predicted octanol–water partition coefficient (Wildman–Crippen LogP) is -0.576. The van der Waals surface area contributed by atoms with Gasteiger partial charge in [-0.25, -0.2) is 0 Å². The molecule has 162 valence electrons. The van der Waals surface area contributed by atoms with Crippen LogP contribution in [0, 0.1) is 5.92 Å². The van der Waals surface area contributed by atoms with Gasteiger partial charge in [0.05, 0.1) is 18.2 Å². The van der Waals surface area contributed by atoms with E-state index in [9.17, 15) is 24.0 Å². The lowest BCUT2D eigenvalue weighted by atomic mass is 10.0. The van der Waals surface area contributed by atoms with E-state index >= 15 is 0 Å². The van der Waals surface area contributed by atoms with Crippen molar-refractivity contribution in [1.29, 1.82) is 0 Å². The smallest absolute Gasteiger partial charge is 0.304 e. The average Bonchev–Trinajstić information content (AvgIpc) is 2.57. The van der Waals surface area contributed by atoms with Crippen LogP contribution in [0.1, 0.15) is 47.0 Å². The summed E-state index contributed by atoms with van der Waals surface area (Å²) in [4.78, 5) is 56.3. The molecule has 0 aliphatic heterocycles. The van der Waals surface area contributed by atoms with Crippen LogP contribution in [0.3, 0.4) is 0 Å². The molecule has 4 amide bonds. The second kappa shape index (κ2) is 15.7. The lowest BCUT2D eigenvalue weighted by Gasteiger charge is -2.18.